The third-order valence-corrected chi connectivity index (χ3v) is 11.8. The smallest absolute Gasteiger partial charge is 0.136 e. The van der Waals surface area contributed by atoms with E-state index in [9.17, 15) is 0 Å². The molecule has 0 bridgehead atoms. The van der Waals surface area contributed by atoms with Gasteiger partial charge in [-0.1, -0.05) is 141 Å². The summed E-state index contributed by atoms with van der Waals surface area (Å²) in [6.07, 6.45) is 0. The second-order valence-electron chi connectivity index (χ2n) is 15.4. The van der Waals surface area contributed by atoms with Gasteiger partial charge < -0.3 is 9.32 Å². The number of fused-ring (bicyclic) bond motifs is 8. The molecule has 0 spiro atoms. The number of anilines is 3. The predicted octanol–water partition coefficient (Wildman–Crippen LogP) is 15.0. The van der Waals surface area contributed by atoms with E-state index in [-0.39, 0.29) is 5.41 Å². The minimum Gasteiger partial charge on any atom is -0.456 e. The van der Waals surface area contributed by atoms with E-state index in [1.807, 2.05) is 12.1 Å². The highest BCUT2D eigenvalue weighted by Crippen LogP contribution is 2.51. The summed E-state index contributed by atoms with van der Waals surface area (Å²) in [4.78, 5) is 2.39. The van der Waals surface area contributed by atoms with Gasteiger partial charge >= 0.3 is 0 Å². The fourth-order valence-corrected chi connectivity index (χ4v) is 9.01. The SMILES string of the molecule is CC1(C)c2ccccc2-c2cc(N(c3ccc(-c4ccc5ccccc5c4)cc3)c3ccc(-c4cccc5cc6c(cc45)oc4ccccc46)cc3)ccc21. The fourth-order valence-electron chi connectivity index (χ4n) is 9.01. The molecule has 260 valence electrons. The maximum absolute atomic E-state index is 6.32. The molecule has 0 saturated carbocycles. The van der Waals surface area contributed by atoms with Crippen LogP contribution in [0.5, 0.6) is 0 Å². The standard InChI is InChI=1S/C53H37NO/c1-53(2)49-16-7-5-13-44(49)47-32-42(28-29-50(47)53)54(40-24-20-35(21-25-40)38-19-18-34-10-3-4-11-37(34)30-38)41-26-22-36(23-27-41)43-15-9-12-39-31-48-45-14-6-8-17-51(45)55-52(48)33-46(39)43/h3-33H,1-2H3. The first kappa shape index (κ1) is 31.6. The normalized spacial score (nSPS) is 13.1. The lowest BCUT2D eigenvalue weighted by Gasteiger charge is -2.27. The molecule has 2 heteroatoms. The van der Waals surface area contributed by atoms with Crippen molar-refractivity contribution < 1.29 is 4.42 Å². The van der Waals surface area contributed by atoms with Crippen LogP contribution in [0.15, 0.2) is 192 Å². The van der Waals surface area contributed by atoms with Gasteiger partial charge in [-0.15, -0.1) is 0 Å². The van der Waals surface area contributed by atoms with Crippen molar-refractivity contribution in [1.29, 1.82) is 0 Å². The maximum Gasteiger partial charge on any atom is 0.136 e. The molecule has 1 aromatic heterocycles. The zero-order valence-corrected chi connectivity index (χ0v) is 30.8. The van der Waals surface area contributed by atoms with Gasteiger partial charge in [-0.05, 0) is 127 Å². The Kier molecular flexibility index (Phi) is 6.93. The van der Waals surface area contributed by atoms with Crippen LogP contribution in [0.25, 0.3) is 76.9 Å². The first-order chi connectivity index (χ1) is 27.0. The van der Waals surface area contributed by atoms with E-state index in [2.05, 4.69) is 195 Å². The number of nitrogens with zero attached hydrogens (tertiary/aromatic N) is 1. The van der Waals surface area contributed by atoms with Crippen molar-refractivity contribution in [2.45, 2.75) is 19.3 Å². The van der Waals surface area contributed by atoms with E-state index in [1.54, 1.807) is 0 Å². The lowest BCUT2D eigenvalue weighted by Crippen LogP contribution is -2.15. The summed E-state index contributed by atoms with van der Waals surface area (Å²) >= 11 is 0. The Hall–Kier alpha value is -6.90. The highest BCUT2D eigenvalue weighted by Gasteiger charge is 2.35. The molecule has 0 fully saturated rings. The molecule has 0 unspecified atom stereocenters. The van der Waals surface area contributed by atoms with Gasteiger partial charge in [0, 0.05) is 33.2 Å². The van der Waals surface area contributed by atoms with Crippen LogP contribution in [0.3, 0.4) is 0 Å². The van der Waals surface area contributed by atoms with E-state index in [1.165, 1.54) is 66.1 Å². The van der Waals surface area contributed by atoms with Gasteiger partial charge in [-0.2, -0.15) is 0 Å². The van der Waals surface area contributed by atoms with Crippen molar-refractivity contribution in [2.24, 2.45) is 0 Å². The molecule has 2 nitrogen and oxygen atoms in total. The van der Waals surface area contributed by atoms with E-state index in [0.717, 1.165) is 39.0 Å². The third-order valence-electron chi connectivity index (χ3n) is 11.8. The minimum absolute atomic E-state index is 0.0507. The molecule has 9 aromatic carbocycles. The van der Waals surface area contributed by atoms with Gasteiger partial charge in [0.15, 0.2) is 0 Å². The molecular formula is C53H37NO. The van der Waals surface area contributed by atoms with Crippen LogP contribution in [-0.2, 0) is 5.41 Å². The number of rotatable bonds is 5. The molecule has 1 aliphatic rings. The zero-order valence-electron chi connectivity index (χ0n) is 30.8. The van der Waals surface area contributed by atoms with Crippen molar-refractivity contribution in [2.75, 3.05) is 4.90 Å². The number of hydrogen-bond donors (Lipinski definition) is 0. The van der Waals surface area contributed by atoms with E-state index < -0.39 is 0 Å². The molecule has 0 N–H and O–H groups in total. The molecule has 11 rings (SSSR count). The molecule has 10 aromatic rings. The highest BCUT2D eigenvalue weighted by atomic mass is 16.3. The molecule has 55 heavy (non-hydrogen) atoms. The van der Waals surface area contributed by atoms with Crippen LogP contribution in [0.4, 0.5) is 17.1 Å². The Balaban J connectivity index is 1.02. The van der Waals surface area contributed by atoms with E-state index >= 15 is 0 Å². The summed E-state index contributed by atoms with van der Waals surface area (Å²) in [6.45, 7) is 4.68. The lowest BCUT2D eigenvalue weighted by molar-refractivity contribution is 0.660. The van der Waals surface area contributed by atoms with Gasteiger partial charge in [0.1, 0.15) is 11.2 Å². The van der Waals surface area contributed by atoms with Gasteiger partial charge in [0.25, 0.3) is 0 Å². The average molecular weight is 704 g/mol. The summed E-state index contributed by atoms with van der Waals surface area (Å²) in [5.74, 6) is 0. The Bertz CT molecular complexity index is 3110. The molecular weight excluding hydrogens is 667 g/mol. The van der Waals surface area contributed by atoms with Crippen LogP contribution in [0.1, 0.15) is 25.0 Å². The average Bonchev–Trinajstić information content (AvgIpc) is 3.71. The summed E-state index contributed by atoms with van der Waals surface area (Å²) < 4.78 is 6.32. The fraction of sp³-hybridized carbons (Fsp3) is 0.0566. The highest BCUT2D eigenvalue weighted by molar-refractivity contribution is 6.12. The molecule has 0 atom stereocenters. The Labute approximate surface area is 320 Å². The monoisotopic (exact) mass is 703 g/mol. The van der Waals surface area contributed by atoms with Crippen molar-refractivity contribution in [3.05, 3.63) is 199 Å². The van der Waals surface area contributed by atoms with Gasteiger partial charge in [0.2, 0.25) is 0 Å². The van der Waals surface area contributed by atoms with Gasteiger partial charge in [-0.25, -0.2) is 0 Å². The van der Waals surface area contributed by atoms with Crippen LogP contribution >= 0.6 is 0 Å². The van der Waals surface area contributed by atoms with Crippen LogP contribution in [0, 0.1) is 0 Å². The van der Waals surface area contributed by atoms with Gasteiger partial charge in [0.05, 0.1) is 0 Å². The number of benzene rings is 9. The maximum atomic E-state index is 6.32. The zero-order chi connectivity index (χ0) is 36.7. The number of hydrogen-bond acceptors (Lipinski definition) is 2. The van der Waals surface area contributed by atoms with Crippen LogP contribution < -0.4 is 4.90 Å². The number of furan rings is 1. The second kappa shape index (κ2) is 12.1. The second-order valence-corrected chi connectivity index (χ2v) is 15.4. The van der Waals surface area contributed by atoms with E-state index in [0.29, 0.717) is 0 Å². The summed E-state index contributed by atoms with van der Waals surface area (Å²) in [6, 6.07) is 68.6. The van der Waals surface area contributed by atoms with Crippen molar-refractivity contribution in [3.63, 3.8) is 0 Å². The Morgan fingerprint density at radius 3 is 1.84 bits per heavy atom. The quantitative estimate of drug-likeness (QED) is 0.177. The largest absolute Gasteiger partial charge is 0.456 e. The molecule has 1 heterocycles. The van der Waals surface area contributed by atoms with Crippen molar-refractivity contribution in [1.82, 2.24) is 0 Å². The summed E-state index contributed by atoms with van der Waals surface area (Å²) in [7, 11) is 0. The molecule has 1 aliphatic carbocycles. The summed E-state index contributed by atoms with van der Waals surface area (Å²) in [5, 5.41) is 7.19. The van der Waals surface area contributed by atoms with E-state index in [4.69, 9.17) is 4.42 Å². The lowest BCUT2D eigenvalue weighted by atomic mass is 9.82. The third kappa shape index (κ3) is 5.02. The van der Waals surface area contributed by atoms with Crippen molar-refractivity contribution >= 4 is 60.5 Å². The molecule has 0 radical (unpaired) electrons. The Morgan fingerprint density at radius 1 is 0.364 bits per heavy atom. The van der Waals surface area contributed by atoms with Gasteiger partial charge in [-0.3, -0.25) is 0 Å². The predicted molar refractivity (Wildman–Crippen MR) is 232 cm³/mol. The molecule has 0 amide bonds. The minimum atomic E-state index is -0.0507. The first-order valence-electron chi connectivity index (χ1n) is 19.1. The van der Waals surface area contributed by atoms with Crippen LogP contribution in [0.2, 0.25) is 0 Å². The molecule has 0 aliphatic heterocycles. The number of para-hydroxylation sites is 1. The van der Waals surface area contributed by atoms with Crippen molar-refractivity contribution in [3.8, 4) is 33.4 Å². The summed E-state index contributed by atoms with van der Waals surface area (Å²) in [5.41, 5.74) is 15.3. The van der Waals surface area contributed by atoms with Crippen LogP contribution in [-0.4, -0.2) is 0 Å². The topological polar surface area (TPSA) is 16.4 Å². The molecule has 0 saturated heterocycles. The first-order valence-corrected chi connectivity index (χ1v) is 19.1. The Morgan fingerprint density at radius 2 is 1.00 bits per heavy atom.